The minimum absolute atomic E-state index is 0.0365. The van der Waals surface area contributed by atoms with Gasteiger partial charge in [-0.15, -0.1) is 0 Å². The van der Waals surface area contributed by atoms with Crippen LogP contribution in [0.2, 0.25) is 5.02 Å². The van der Waals surface area contributed by atoms with Gasteiger partial charge in [0.15, 0.2) is 0 Å². The van der Waals surface area contributed by atoms with Gasteiger partial charge in [-0.1, -0.05) is 27.5 Å². The van der Waals surface area contributed by atoms with Crippen molar-refractivity contribution in [1.29, 1.82) is 0 Å². The number of amides is 1. The molecule has 20 heavy (non-hydrogen) atoms. The van der Waals surface area contributed by atoms with Gasteiger partial charge in [0.25, 0.3) is 0 Å². The van der Waals surface area contributed by atoms with Crippen molar-refractivity contribution in [1.82, 2.24) is 4.90 Å². The molecule has 2 unspecified atom stereocenters. The second-order valence-electron chi connectivity index (χ2n) is 4.95. The van der Waals surface area contributed by atoms with E-state index in [2.05, 4.69) is 15.9 Å². The molecule has 4 nitrogen and oxygen atoms in total. The van der Waals surface area contributed by atoms with Crippen molar-refractivity contribution in [2.24, 2.45) is 5.92 Å². The third-order valence-electron chi connectivity index (χ3n) is 3.69. The molecule has 108 valence electrons. The number of halogens is 2. The largest absolute Gasteiger partial charge is 0.481 e. The summed E-state index contributed by atoms with van der Waals surface area (Å²) in [6.07, 6.45) is 1.46. The van der Waals surface area contributed by atoms with E-state index < -0.39 is 17.9 Å². The van der Waals surface area contributed by atoms with Crippen LogP contribution in [0.4, 0.5) is 0 Å². The number of rotatable bonds is 2. The molecule has 1 aromatic rings. The van der Waals surface area contributed by atoms with E-state index in [4.69, 9.17) is 11.6 Å². The summed E-state index contributed by atoms with van der Waals surface area (Å²) in [6, 6.07) is 4.72. The third-order valence-corrected chi connectivity index (χ3v) is 4.65. The Labute approximate surface area is 130 Å². The summed E-state index contributed by atoms with van der Waals surface area (Å²) in [6.45, 7) is 0. The Hall–Kier alpha value is -1.07. The van der Waals surface area contributed by atoms with Crippen molar-refractivity contribution in [2.75, 3.05) is 7.05 Å². The first kappa shape index (κ1) is 15.3. The first-order chi connectivity index (χ1) is 9.41. The van der Waals surface area contributed by atoms with Gasteiger partial charge in [0.05, 0.1) is 12.0 Å². The van der Waals surface area contributed by atoms with Crippen molar-refractivity contribution in [2.45, 2.75) is 25.3 Å². The summed E-state index contributed by atoms with van der Waals surface area (Å²) in [5.74, 6) is -1.55. The van der Waals surface area contributed by atoms with E-state index in [1.54, 1.807) is 25.2 Å². The number of carboxylic acid groups (broad SMARTS) is 1. The van der Waals surface area contributed by atoms with E-state index in [1.807, 2.05) is 0 Å². The second-order valence-corrected chi connectivity index (χ2v) is 6.24. The van der Waals surface area contributed by atoms with Crippen LogP contribution >= 0.6 is 27.5 Å². The predicted molar refractivity (Wildman–Crippen MR) is 79.6 cm³/mol. The summed E-state index contributed by atoms with van der Waals surface area (Å²) in [4.78, 5) is 25.1. The number of nitrogens with zero attached hydrogens (tertiary/aromatic N) is 1. The zero-order valence-corrected chi connectivity index (χ0v) is 13.3. The van der Waals surface area contributed by atoms with E-state index in [9.17, 15) is 14.7 Å². The quantitative estimate of drug-likeness (QED) is 0.878. The molecule has 0 spiro atoms. The fraction of sp³-hybridized carbons (Fsp3) is 0.429. The lowest BCUT2D eigenvalue weighted by molar-refractivity contribution is -0.145. The minimum Gasteiger partial charge on any atom is -0.481 e. The molecule has 2 rings (SSSR count). The van der Waals surface area contributed by atoms with Crippen LogP contribution < -0.4 is 0 Å². The highest BCUT2D eigenvalue weighted by atomic mass is 79.9. The van der Waals surface area contributed by atoms with E-state index in [1.165, 1.54) is 4.90 Å². The van der Waals surface area contributed by atoms with Gasteiger partial charge in [-0.05, 0) is 36.6 Å². The van der Waals surface area contributed by atoms with Crippen molar-refractivity contribution in [3.05, 3.63) is 33.3 Å². The first-order valence-electron chi connectivity index (χ1n) is 6.35. The van der Waals surface area contributed by atoms with Crippen LogP contribution in [0.15, 0.2) is 22.7 Å². The summed E-state index contributed by atoms with van der Waals surface area (Å²) in [5.41, 5.74) is 0.739. The summed E-state index contributed by atoms with van der Waals surface area (Å²) in [5, 5.41) is 10.00. The monoisotopic (exact) mass is 359 g/mol. The van der Waals surface area contributed by atoms with E-state index in [0.717, 1.165) is 10.0 Å². The van der Waals surface area contributed by atoms with Gasteiger partial charge >= 0.3 is 5.97 Å². The third kappa shape index (κ3) is 2.99. The number of carboxylic acids is 1. The van der Waals surface area contributed by atoms with E-state index >= 15 is 0 Å². The van der Waals surface area contributed by atoms with Crippen LogP contribution in [0.5, 0.6) is 0 Å². The molecule has 0 radical (unpaired) electrons. The molecule has 0 aromatic heterocycles. The molecule has 6 heteroatoms. The number of hydrogen-bond donors (Lipinski definition) is 1. The number of hydrogen-bond acceptors (Lipinski definition) is 2. The zero-order valence-electron chi connectivity index (χ0n) is 11.0. The molecule has 1 N–H and O–H groups in total. The topological polar surface area (TPSA) is 57.6 Å². The Morgan fingerprint density at radius 3 is 2.85 bits per heavy atom. The van der Waals surface area contributed by atoms with Gasteiger partial charge < -0.3 is 10.0 Å². The van der Waals surface area contributed by atoms with Gasteiger partial charge in [0.2, 0.25) is 5.91 Å². The standard InChI is InChI=1S/C14H15BrClNO3/c1-17-12(18)4-2-3-9(14(19)20)13(17)10-7-8(16)5-6-11(10)15/h5-7,9,13H,2-4H2,1H3,(H,19,20). The number of carbonyl (C=O) groups excluding carboxylic acids is 1. The average molecular weight is 361 g/mol. The maximum absolute atomic E-state index is 12.0. The molecule has 2 atom stereocenters. The van der Waals surface area contributed by atoms with Gasteiger partial charge in [-0.25, -0.2) is 0 Å². The van der Waals surface area contributed by atoms with E-state index in [-0.39, 0.29) is 5.91 Å². The summed E-state index contributed by atoms with van der Waals surface area (Å²) >= 11 is 9.44. The molecule has 1 saturated heterocycles. The van der Waals surface area contributed by atoms with E-state index in [0.29, 0.717) is 24.3 Å². The fourth-order valence-electron chi connectivity index (χ4n) is 2.66. The first-order valence-corrected chi connectivity index (χ1v) is 7.52. The Kier molecular flexibility index (Phi) is 4.70. The van der Waals surface area contributed by atoms with Gasteiger partial charge in [-0.3, -0.25) is 9.59 Å². The van der Waals surface area contributed by atoms with Crippen molar-refractivity contribution < 1.29 is 14.7 Å². The molecule has 1 aromatic carbocycles. The maximum atomic E-state index is 12.0. The Morgan fingerprint density at radius 1 is 1.50 bits per heavy atom. The lowest BCUT2D eigenvalue weighted by atomic mass is 9.89. The normalized spacial score (nSPS) is 23.6. The summed E-state index contributed by atoms with van der Waals surface area (Å²) in [7, 11) is 1.65. The molecule has 1 heterocycles. The SMILES string of the molecule is CN1C(=O)CCCC(C(=O)O)C1c1cc(Cl)ccc1Br. The van der Waals surface area contributed by atoms with Crippen molar-refractivity contribution in [3.63, 3.8) is 0 Å². The number of benzene rings is 1. The second kappa shape index (κ2) is 6.14. The van der Waals surface area contributed by atoms with Crippen LogP contribution in [0.1, 0.15) is 30.9 Å². The Morgan fingerprint density at radius 2 is 2.20 bits per heavy atom. The van der Waals surface area contributed by atoms with Crippen molar-refractivity contribution >= 4 is 39.4 Å². The van der Waals surface area contributed by atoms with Crippen molar-refractivity contribution in [3.8, 4) is 0 Å². The van der Waals surface area contributed by atoms with Crippen LogP contribution in [0, 0.1) is 5.92 Å². The lowest BCUT2D eigenvalue weighted by Gasteiger charge is -2.31. The highest BCUT2D eigenvalue weighted by Gasteiger charge is 2.37. The number of carbonyl (C=O) groups is 2. The molecule has 0 saturated carbocycles. The fourth-order valence-corrected chi connectivity index (χ4v) is 3.32. The van der Waals surface area contributed by atoms with Gasteiger partial charge in [0, 0.05) is 23.0 Å². The predicted octanol–water partition coefficient (Wildman–Crippen LogP) is 3.49. The smallest absolute Gasteiger partial charge is 0.308 e. The zero-order chi connectivity index (χ0) is 14.9. The number of likely N-dealkylation sites (tertiary alicyclic amines) is 1. The molecular formula is C14H15BrClNO3. The maximum Gasteiger partial charge on any atom is 0.308 e. The van der Waals surface area contributed by atoms with Crippen LogP contribution in [-0.2, 0) is 9.59 Å². The molecule has 1 amide bonds. The molecule has 1 aliphatic heterocycles. The lowest BCUT2D eigenvalue weighted by Crippen LogP contribution is -2.36. The van der Waals surface area contributed by atoms with Gasteiger partial charge in [-0.2, -0.15) is 0 Å². The molecule has 1 aliphatic rings. The molecule has 0 bridgehead atoms. The molecule has 0 aliphatic carbocycles. The highest BCUT2D eigenvalue weighted by Crippen LogP contribution is 2.39. The molecule has 1 fully saturated rings. The van der Waals surface area contributed by atoms with Crippen LogP contribution in [0.3, 0.4) is 0 Å². The molecular weight excluding hydrogens is 346 g/mol. The van der Waals surface area contributed by atoms with Crippen LogP contribution in [0.25, 0.3) is 0 Å². The van der Waals surface area contributed by atoms with Crippen LogP contribution in [-0.4, -0.2) is 28.9 Å². The average Bonchev–Trinajstić information content (AvgIpc) is 2.53. The minimum atomic E-state index is -0.886. The Balaban J connectivity index is 2.52. The highest BCUT2D eigenvalue weighted by molar-refractivity contribution is 9.10. The Bertz CT molecular complexity index is 549. The summed E-state index contributed by atoms with van der Waals surface area (Å²) < 4.78 is 0.764. The number of aliphatic carboxylic acids is 1. The van der Waals surface area contributed by atoms with Gasteiger partial charge in [0.1, 0.15) is 0 Å².